The van der Waals surface area contributed by atoms with Gasteiger partial charge in [-0.2, -0.15) is 9.97 Å². The van der Waals surface area contributed by atoms with Crippen LogP contribution in [0.25, 0.3) is 0 Å². The van der Waals surface area contributed by atoms with Crippen molar-refractivity contribution in [2.75, 3.05) is 25.4 Å². The second-order valence-electron chi connectivity index (χ2n) is 4.73. The van der Waals surface area contributed by atoms with Crippen molar-refractivity contribution in [1.82, 2.24) is 15.0 Å². The van der Waals surface area contributed by atoms with E-state index < -0.39 is 0 Å². The highest BCUT2D eigenvalue weighted by Gasteiger charge is 2.32. The molecule has 0 aliphatic heterocycles. The molecule has 2 rings (SSSR count). The number of alkyl halides is 1. The van der Waals surface area contributed by atoms with Gasteiger partial charge in [0.1, 0.15) is 0 Å². The predicted octanol–water partition coefficient (Wildman–Crippen LogP) is 2.24. The molecule has 106 valence electrons. The van der Waals surface area contributed by atoms with E-state index in [-0.39, 0.29) is 17.6 Å². The molecule has 7 heteroatoms. The van der Waals surface area contributed by atoms with Gasteiger partial charge in [0.15, 0.2) is 0 Å². The zero-order valence-corrected chi connectivity index (χ0v) is 12.0. The topological polar surface area (TPSA) is 69.2 Å². The lowest BCUT2D eigenvalue weighted by Gasteiger charge is -2.36. The van der Waals surface area contributed by atoms with Gasteiger partial charge in [-0.25, -0.2) is 0 Å². The first-order valence-electron chi connectivity index (χ1n) is 6.39. The van der Waals surface area contributed by atoms with Crippen LogP contribution in [0.5, 0.6) is 12.0 Å². The monoisotopic (exact) mass is 286 g/mol. The lowest BCUT2D eigenvalue weighted by molar-refractivity contribution is 0.332. The van der Waals surface area contributed by atoms with Crippen LogP contribution in [-0.2, 0) is 0 Å². The maximum absolute atomic E-state index is 6.14. The Morgan fingerprint density at radius 2 is 1.63 bits per heavy atom. The number of nitrogens with one attached hydrogen (secondary N) is 1. The number of anilines is 1. The first kappa shape index (κ1) is 14.1. The van der Waals surface area contributed by atoms with Crippen molar-refractivity contribution in [2.24, 2.45) is 0 Å². The Morgan fingerprint density at radius 3 is 2.11 bits per heavy atom. The molecule has 0 amide bonds. The molecule has 1 aliphatic carbocycles. The lowest BCUT2D eigenvalue weighted by atomic mass is 9.83. The van der Waals surface area contributed by atoms with Crippen LogP contribution in [0.4, 0.5) is 5.95 Å². The van der Waals surface area contributed by atoms with E-state index in [0.29, 0.717) is 11.8 Å². The Bertz CT molecular complexity index is 402. The standard InChI is InChI=1S/C12H19ClN4O2/c1-18-10-14-9(15-11(16-10)19-2)17-12(8-13)6-4-3-5-7-12/h3-8H2,1-2H3,(H,14,15,16,17). The zero-order chi connectivity index (χ0) is 13.7. The number of aromatic nitrogens is 3. The highest BCUT2D eigenvalue weighted by molar-refractivity contribution is 6.18. The number of halogens is 1. The minimum atomic E-state index is -0.142. The van der Waals surface area contributed by atoms with E-state index in [1.165, 1.54) is 33.5 Å². The molecule has 1 N–H and O–H groups in total. The van der Waals surface area contributed by atoms with Crippen molar-refractivity contribution >= 4 is 17.5 Å². The number of rotatable bonds is 5. The first-order valence-corrected chi connectivity index (χ1v) is 6.93. The molecule has 1 heterocycles. The molecule has 6 nitrogen and oxygen atoms in total. The summed E-state index contributed by atoms with van der Waals surface area (Å²) in [7, 11) is 3.02. The van der Waals surface area contributed by atoms with E-state index >= 15 is 0 Å². The van der Waals surface area contributed by atoms with E-state index in [2.05, 4.69) is 20.3 Å². The normalized spacial score (nSPS) is 17.8. The van der Waals surface area contributed by atoms with Gasteiger partial charge in [0.25, 0.3) is 0 Å². The van der Waals surface area contributed by atoms with E-state index in [9.17, 15) is 0 Å². The minimum Gasteiger partial charge on any atom is -0.467 e. The molecule has 0 saturated heterocycles. The average molecular weight is 287 g/mol. The van der Waals surface area contributed by atoms with E-state index in [4.69, 9.17) is 21.1 Å². The summed E-state index contributed by atoms with van der Waals surface area (Å²) in [5, 5.41) is 3.34. The predicted molar refractivity (Wildman–Crippen MR) is 73.1 cm³/mol. The average Bonchev–Trinajstić information content (AvgIpc) is 2.47. The summed E-state index contributed by atoms with van der Waals surface area (Å²) in [6, 6.07) is 0.463. The maximum atomic E-state index is 6.14. The maximum Gasteiger partial charge on any atom is 0.324 e. The van der Waals surface area contributed by atoms with E-state index in [1.54, 1.807) is 0 Å². The minimum absolute atomic E-state index is 0.142. The van der Waals surface area contributed by atoms with Crippen LogP contribution in [-0.4, -0.2) is 40.6 Å². The number of hydrogen-bond acceptors (Lipinski definition) is 6. The summed E-state index contributed by atoms with van der Waals surface area (Å²) in [4.78, 5) is 12.4. The van der Waals surface area contributed by atoms with Crippen molar-refractivity contribution in [3.63, 3.8) is 0 Å². The number of nitrogens with zero attached hydrogens (tertiary/aromatic N) is 3. The van der Waals surface area contributed by atoms with Crippen LogP contribution in [0, 0.1) is 0 Å². The van der Waals surface area contributed by atoms with Gasteiger partial charge in [-0.15, -0.1) is 16.6 Å². The van der Waals surface area contributed by atoms with Gasteiger partial charge >= 0.3 is 12.0 Å². The number of ether oxygens (including phenoxy) is 2. The summed E-state index contributed by atoms with van der Waals surface area (Å²) < 4.78 is 10.1. The fraction of sp³-hybridized carbons (Fsp3) is 0.750. The van der Waals surface area contributed by atoms with Crippen molar-refractivity contribution in [3.8, 4) is 12.0 Å². The van der Waals surface area contributed by atoms with Gasteiger partial charge in [0.2, 0.25) is 5.95 Å². The number of methoxy groups -OCH3 is 2. The highest BCUT2D eigenvalue weighted by Crippen LogP contribution is 2.32. The van der Waals surface area contributed by atoms with Crippen molar-refractivity contribution < 1.29 is 9.47 Å². The van der Waals surface area contributed by atoms with Crippen molar-refractivity contribution in [1.29, 1.82) is 0 Å². The summed E-state index contributed by atoms with van der Waals surface area (Å²) in [6.45, 7) is 0. The fourth-order valence-electron chi connectivity index (χ4n) is 2.33. The fourth-order valence-corrected chi connectivity index (χ4v) is 2.67. The summed E-state index contributed by atoms with van der Waals surface area (Å²) in [5.41, 5.74) is -0.142. The molecule has 0 bridgehead atoms. The third-order valence-electron chi connectivity index (χ3n) is 3.40. The Labute approximate surface area is 117 Å². The molecular weight excluding hydrogens is 268 g/mol. The molecule has 1 aromatic rings. The molecular formula is C12H19ClN4O2. The molecule has 0 unspecified atom stereocenters. The molecule has 1 aromatic heterocycles. The Balaban J connectivity index is 2.20. The highest BCUT2D eigenvalue weighted by atomic mass is 35.5. The molecule has 1 aliphatic rings. The zero-order valence-electron chi connectivity index (χ0n) is 11.3. The molecule has 0 spiro atoms. The summed E-state index contributed by atoms with van der Waals surface area (Å²) in [5.74, 6) is 0.981. The van der Waals surface area contributed by atoms with Crippen LogP contribution in [0.2, 0.25) is 0 Å². The smallest absolute Gasteiger partial charge is 0.324 e. The molecule has 1 fully saturated rings. The number of hydrogen-bond donors (Lipinski definition) is 1. The molecule has 0 radical (unpaired) electrons. The van der Waals surface area contributed by atoms with Crippen molar-refractivity contribution in [2.45, 2.75) is 37.6 Å². The van der Waals surface area contributed by atoms with Crippen molar-refractivity contribution in [3.05, 3.63) is 0 Å². The largest absolute Gasteiger partial charge is 0.467 e. The van der Waals surface area contributed by atoms with Gasteiger partial charge in [-0.3, -0.25) is 0 Å². The Morgan fingerprint density at radius 1 is 1.05 bits per heavy atom. The lowest BCUT2D eigenvalue weighted by Crippen LogP contribution is -2.42. The quantitative estimate of drug-likeness (QED) is 0.837. The molecule has 0 aromatic carbocycles. The van der Waals surface area contributed by atoms with Crippen LogP contribution in [0.3, 0.4) is 0 Å². The summed E-state index contributed by atoms with van der Waals surface area (Å²) >= 11 is 6.14. The Hall–Kier alpha value is -1.30. The second kappa shape index (κ2) is 6.23. The van der Waals surface area contributed by atoms with Crippen LogP contribution in [0.15, 0.2) is 0 Å². The molecule has 19 heavy (non-hydrogen) atoms. The molecule has 1 saturated carbocycles. The van der Waals surface area contributed by atoms with Gasteiger partial charge in [-0.05, 0) is 12.8 Å². The summed E-state index contributed by atoms with van der Waals surface area (Å²) in [6.07, 6.45) is 5.63. The van der Waals surface area contributed by atoms with Gasteiger partial charge in [-0.1, -0.05) is 19.3 Å². The van der Waals surface area contributed by atoms with Gasteiger partial charge < -0.3 is 14.8 Å². The molecule has 0 atom stereocenters. The third kappa shape index (κ3) is 3.37. The van der Waals surface area contributed by atoms with E-state index in [0.717, 1.165) is 12.8 Å². The van der Waals surface area contributed by atoms with E-state index in [1.807, 2.05) is 0 Å². The third-order valence-corrected chi connectivity index (χ3v) is 3.91. The van der Waals surface area contributed by atoms with Gasteiger partial charge in [0.05, 0.1) is 19.8 Å². The second-order valence-corrected chi connectivity index (χ2v) is 5.00. The van der Waals surface area contributed by atoms with Crippen LogP contribution in [0.1, 0.15) is 32.1 Å². The van der Waals surface area contributed by atoms with Crippen LogP contribution >= 0.6 is 11.6 Å². The van der Waals surface area contributed by atoms with Crippen LogP contribution < -0.4 is 14.8 Å². The SMILES string of the molecule is COc1nc(NC2(CCl)CCCCC2)nc(OC)n1. The first-order chi connectivity index (χ1) is 9.21. The van der Waals surface area contributed by atoms with Gasteiger partial charge in [0, 0.05) is 5.88 Å². The Kier molecular flexibility index (Phi) is 4.63.